The molecule has 0 saturated heterocycles. The Morgan fingerprint density at radius 1 is 0.917 bits per heavy atom. The van der Waals surface area contributed by atoms with E-state index in [-0.39, 0.29) is 0 Å². The van der Waals surface area contributed by atoms with E-state index in [0.717, 1.165) is 0 Å². The van der Waals surface area contributed by atoms with Gasteiger partial charge >= 0.3 is 0 Å². The summed E-state index contributed by atoms with van der Waals surface area (Å²) in [5, 5.41) is 0. The molecule has 0 unspecified atom stereocenters. The van der Waals surface area contributed by atoms with E-state index in [2.05, 4.69) is 40.8 Å². The van der Waals surface area contributed by atoms with Crippen LogP contribution in [0.15, 0.2) is 18.2 Å². The van der Waals surface area contributed by atoms with Gasteiger partial charge in [0.25, 0.3) is 0 Å². The number of rotatable bonds is 0. The average molecular weight is 272 g/mol. The summed E-state index contributed by atoms with van der Waals surface area (Å²) < 4.78 is 1.38. The molecule has 0 aliphatic heterocycles. The van der Waals surface area contributed by atoms with E-state index >= 15 is 0 Å². The van der Waals surface area contributed by atoms with Crippen LogP contribution in [0.1, 0.15) is 30.4 Å². The summed E-state index contributed by atoms with van der Waals surface area (Å²) in [7, 11) is 0. The summed E-state index contributed by atoms with van der Waals surface area (Å²) in [5.74, 6) is 0. The molecule has 1 aromatic carbocycles. The molecule has 1 aromatic rings. The van der Waals surface area contributed by atoms with E-state index in [1.165, 1.54) is 35.7 Å². The predicted octanol–water partition coefficient (Wildman–Crippen LogP) is 3.56. The summed E-state index contributed by atoms with van der Waals surface area (Å²) in [4.78, 5) is 0. The predicted molar refractivity (Wildman–Crippen MR) is 60.4 cm³/mol. The van der Waals surface area contributed by atoms with E-state index in [9.17, 15) is 0 Å². The lowest BCUT2D eigenvalue weighted by molar-refractivity contribution is 0.711. The lowest BCUT2D eigenvalue weighted by Gasteiger charge is -2.04. The number of fused-ring (bicyclic) bond motifs is 1. The number of hydrogen-bond donors (Lipinski definition) is 0. The quantitative estimate of drug-likeness (QED) is 0.500. The maximum Gasteiger partial charge on any atom is 0.0133 e. The molecule has 1 aliphatic carbocycles. The van der Waals surface area contributed by atoms with Crippen LogP contribution in [0, 0.1) is 3.57 Å². The van der Waals surface area contributed by atoms with Gasteiger partial charge in [0.1, 0.15) is 0 Å². The van der Waals surface area contributed by atoms with Gasteiger partial charge in [-0.25, -0.2) is 0 Å². The summed E-state index contributed by atoms with van der Waals surface area (Å²) in [6, 6.07) is 6.88. The monoisotopic (exact) mass is 272 g/mol. The first-order valence-electron chi connectivity index (χ1n) is 4.63. The fraction of sp³-hybridized carbons (Fsp3) is 0.455. The first kappa shape index (κ1) is 8.54. The van der Waals surface area contributed by atoms with Crippen molar-refractivity contribution in [2.45, 2.75) is 32.1 Å². The molecule has 0 aromatic heterocycles. The van der Waals surface area contributed by atoms with Crippen molar-refractivity contribution in [2.75, 3.05) is 0 Å². The smallest absolute Gasteiger partial charge is 0.0133 e. The fourth-order valence-electron chi connectivity index (χ4n) is 1.88. The van der Waals surface area contributed by atoms with Gasteiger partial charge in [-0.3, -0.25) is 0 Å². The van der Waals surface area contributed by atoms with E-state index in [4.69, 9.17) is 0 Å². The van der Waals surface area contributed by atoms with Crippen LogP contribution in [0.3, 0.4) is 0 Å². The molecule has 0 nitrogen and oxygen atoms in total. The standard InChI is InChI=1S/C11H13I/c12-11-7-6-9-4-2-1-3-5-10(9)8-11/h6-8H,1-5H2. The van der Waals surface area contributed by atoms with Crippen molar-refractivity contribution in [3.8, 4) is 0 Å². The van der Waals surface area contributed by atoms with Crippen molar-refractivity contribution in [3.05, 3.63) is 32.9 Å². The first-order valence-corrected chi connectivity index (χ1v) is 5.71. The minimum atomic E-state index is 1.30. The van der Waals surface area contributed by atoms with E-state index in [1.807, 2.05) is 0 Å². The Labute approximate surface area is 87.5 Å². The second-order valence-electron chi connectivity index (χ2n) is 3.47. The van der Waals surface area contributed by atoms with Crippen LogP contribution in [0.4, 0.5) is 0 Å². The first-order chi connectivity index (χ1) is 5.86. The van der Waals surface area contributed by atoms with Crippen LogP contribution < -0.4 is 0 Å². The van der Waals surface area contributed by atoms with Gasteiger partial charge < -0.3 is 0 Å². The molecule has 0 spiro atoms. The van der Waals surface area contributed by atoms with Gasteiger partial charge in [-0.1, -0.05) is 12.5 Å². The highest BCUT2D eigenvalue weighted by Gasteiger charge is 2.06. The summed E-state index contributed by atoms with van der Waals surface area (Å²) in [6.07, 6.45) is 6.77. The van der Waals surface area contributed by atoms with Gasteiger partial charge in [0.15, 0.2) is 0 Å². The average Bonchev–Trinajstić information content (AvgIpc) is 2.28. The largest absolute Gasteiger partial charge is 0.0577 e. The number of aryl methyl sites for hydroxylation is 2. The van der Waals surface area contributed by atoms with Crippen LogP contribution in [0.5, 0.6) is 0 Å². The zero-order valence-corrected chi connectivity index (χ0v) is 9.30. The maximum atomic E-state index is 2.40. The fourth-order valence-corrected chi connectivity index (χ4v) is 2.43. The Morgan fingerprint density at radius 3 is 2.50 bits per heavy atom. The summed E-state index contributed by atoms with van der Waals surface area (Å²) in [5.41, 5.74) is 3.19. The van der Waals surface area contributed by atoms with Crippen LogP contribution in [0.2, 0.25) is 0 Å². The highest BCUT2D eigenvalue weighted by Crippen LogP contribution is 2.22. The minimum Gasteiger partial charge on any atom is -0.0577 e. The Hall–Kier alpha value is -0.0500. The molecule has 64 valence electrons. The molecule has 0 N–H and O–H groups in total. The molecule has 2 rings (SSSR count). The lowest BCUT2D eigenvalue weighted by Crippen LogP contribution is -1.90. The molecule has 12 heavy (non-hydrogen) atoms. The topological polar surface area (TPSA) is 0 Å². The van der Waals surface area contributed by atoms with Gasteiger partial charge in [-0.05, 0) is 71.5 Å². The second-order valence-corrected chi connectivity index (χ2v) is 4.72. The third-order valence-electron chi connectivity index (χ3n) is 2.56. The SMILES string of the molecule is Ic1ccc2c(c1)CCCCC2. The Bertz CT molecular complexity index is 278. The Morgan fingerprint density at radius 2 is 1.67 bits per heavy atom. The highest BCUT2D eigenvalue weighted by atomic mass is 127. The molecule has 0 radical (unpaired) electrons. The van der Waals surface area contributed by atoms with Gasteiger partial charge in [0.2, 0.25) is 0 Å². The van der Waals surface area contributed by atoms with Crippen molar-refractivity contribution < 1.29 is 0 Å². The van der Waals surface area contributed by atoms with E-state index in [0.29, 0.717) is 0 Å². The maximum absolute atomic E-state index is 2.40. The van der Waals surface area contributed by atoms with Crippen LogP contribution in [-0.2, 0) is 12.8 Å². The number of hydrogen-bond acceptors (Lipinski definition) is 0. The normalized spacial score (nSPS) is 16.8. The van der Waals surface area contributed by atoms with Crippen LogP contribution in [-0.4, -0.2) is 0 Å². The lowest BCUT2D eigenvalue weighted by atomic mass is 10.0. The molecule has 0 amide bonds. The van der Waals surface area contributed by atoms with Crippen molar-refractivity contribution in [1.82, 2.24) is 0 Å². The van der Waals surface area contributed by atoms with Crippen LogP contribution in [0.25, 0.3) is 0 Å². The molecule has 0 saturated carbocycles. The molecule has 1 aliphatic rings. The van der Waals surface area contributed by atoms with Crippen molar-refractivity contribution in [3.63, 3.8) is 0 Å². The molecule has 0 atom stereocenters. The van der Waals surface area contributed by atoms with Crippen molar-refractivity contribution >= 4 is 22.6 Å². The van der Waals surface area contributed by atoms with E-state index in [1.54, 1.807) is 11.1 Å². The third-order valence-corrected chi connectivity index (χ3v) is 3.23. The number of benzene rings is 1. The minimum absolute atomic E-state index is 1.30. The third kappa shape index (κ3) is 1.82. The molecular formula is C11H13I. The summed E-state index contributed by atoms with van der Waals surface area (Å²) in [6.45, 7) is 0. The molecular weight excluding hydrogens is 259 g/mol. The van der Waals surface area contributed by atoms with Gasteiger partial charge in [-0.15, -0.1) is 0 Å². The van der Waals surface area contributed by atoms with Crippen molar-refractivity contribution in [2.24, 2.45) is 0 Å². The Balaban J connectivity index is 2.36. The van der Waals surface area contributed by atoms with Gasteiger partial charge in [-0.2, -0.15) is 0 Å². The van der Waals surface area contributed by atoms with Gasteiger partial charge in [0, 0.05) is 3.57 Å². The van der Waals surface area contributed by atoms with Crippen molar-refractivity contribution in [1.29, 1.82) is 0 Å². The zero-order chi connectivity index (χ0) is 8.39. The van der Waals surface area contributed by atoms with Gasteiger partial charge in [0.05, 0.1) is 0 Å². The molecule has 0 fully saturated rings. The highest BCUT2D eigenvalue weighted by molar-refractivity contribution is 14.1. The number of halogens is 1. The van der Waals surface area contributed by atoms with E-state index < -0.39 is 0 Å². The molecule has 0 heterocycles. The summed E-state index contributed by atoms with van der Waals surface area (Å²) >= 11 is 2.40. The molecule has 1 heteroatoms. The Kier molecular flexibility index (Phi) is 2.69. The van der Waals surface area contributed by atoms with Crippen LogP contribution >= 0.6 is 22.6 Å². The zero-order valence-electron chi connectivity index (χ0n) is 7.15. The second kappa shape index (κ2) is 3.77. The molecule has 0 bridgehead atoms.